The molecule has 4 aromatic rings. The Morgan fingerprint density at radius 2 is 1.62 bits per heavy atom. The predicted molar refractivity (Wildman–Crippen MR) is 107 cm³/mol. The van der Waals surface area contributed by atoms with Gasteiger partial charge in [0.15, 0.2) is 0 Å². The summed E-state index contributed by atoms with van der Waals surface area (Å²) in [5.41, 5.74) is 3.08. The molecule has 0 amide bonds. The van der Waals surface area contributed by atoms with Crippen LogP contribution in [0.25, 0.3) is 5.69 Å². The van der Waals surface area contributed by atoms with Crippen LogP contribution in [0.2, 0.25) is 15.1 Å². The van der Waals surface area contributed by atoms with E-state index in [1.165, 1.54) is 0 Å². The van der Waals surface area contributed by atoms with Crippen molar-refractivity contribution in [3.8, 4) is 5.69 Å². The summed E-state index contributed by atoms with van der Waals surface area (Å²) >= 11 is 18.6. The molecule has 4 rings (SSSR count). The van der Waals surface area contributed by atoms with E-state index >= 15 is 0 Å². The number of hydrogen-bond donors (Lipinski definition) is 0. The summed E-state index contributed by atoms with van der Waals surface area (Å²) in [4.78, 5) is 4.19. The lowest BCUT2D eigenvalue weighted by Crippen LogP contribution is -2.10. The van der Waals surface area contributed by atoms with Gasteiger partial charge in [-0.1, -0.05) is 40.9 Å². The highest BCUT2D eigenvalue weighted by atomic mass is 35.5. The van der Waals surface area contributed by atoms with Crippen LogP contribution in [0, 0.1) is 0 Å². The molecule has 0 fully saturated rings. The molecule has 2 heterocycles. The van der Waals surface area contributed by atoms with Crippen molar-refractivity contribution in [1.82, 2.24) is 14.1 Å². The fourth-order valence-electron chi connectivity index (χ4n) is 3.01. The van der Waals surface area contributed by atoms with E-state index in [1.807, 2.05) is 53.4 Å². The van der Waals surface area contributed by atoms with Gasteiger partial charge in [0.05, 0.1) is 12.4 Å². The van der Waals surface area contributed by atoms with Gasteiger partial charge in [-0.05, 0) is 53.6 Å². The molecule has 6 heteroatoms. The minimum absolute atomic E-state index is 0.101. The van der Waals surface area contributed by atoms with Gasteiger partial charge in [-0.2, -0.15) is 0 Å². The molecule has 0 bridgehead atoms. The molecule has 26 heavy (non-hydrogen) atoms. The minimum Gasteiger partial charge on any atom is -0.326 e. The first kappa shape index (κ1) is 17.2. The van der Waals surface area contributed by atoms with Crippen molar-refractivity contribution in [2.75, 3.05) is 0 Å². The van der Waals surface area contributed by atoms with E-state index in [4.69, 9.17) is 34.8 Å². The number of imidazole rings is 1. The fourth-order valence-corrected chi connectivity index (χ4v) is 3.64. The normalized spacial score (nSPS) is 12.3. The van der Waals surface area contributed by atoms with Gasteiger partial charge in [-0.25, -0.2) is 4.98 Å². The second-order valence-electron chi connectivity index (χ2n) is 5.91. The van der Waals surface area contributed by atoms with Gasteiger partial charge < -0.3 is 9.13 Å². The Labute approximate surface area is 166 Å². The molecule has 0 saturated heterocycles. The van der Waals surface area contributed by atoms with Crippen molar-refractivity contribution >= 4 is 34.8 Å². The average Bonchev–Trinajstić information content (AvgIpc) is 3.30. The standard InChI is InChI=1S/C20H14Cl3N3/c21-15-1-4-17(5-2-15)25-9-7-14(12-25)20(26-10-8-24-13-26)18-6-3-16(22)11-19(18)23/h1-13,20H. The number of nitrogens with zero attached hydrogens (tertiary/aromatic N) is 3. The maximum atomic E-state index is 6.49. The zero-order valence-corrected chi connectivity index (χ0v) is 15.8. The molecule has 1 unspecified atom stereocenters. The van der Waals surface area contributed by atoms with E-state index in [2.05, 4.69) is 21.8 Å². The molecule has 0 N–H and O–H groups in total. The number of benzene rings is 2. The number of hydrogen-bond acceptors (Lipinski definition) is 1. The fraction of sp³-hybridized carbons (Fsp3) is 0.0500. The van der Waals surface area contributed by atoms with Crippen LogP contribution in [0.1, 0.15) is 17.2 Å². The van der Waals surface area contributed by atoms with Crippen LogP contribution < -0.4 is 0 Å². The summed E-state index contributed by atoms with van der Waals surface area (Å²) < 4.78 is 4.08. The highest BCUT2D eigenvalue weighted by Gasteiger charge is 2.20. The van der Waals surface area contributed by atoms with Crippen LogP contribution in [-0.4, -0.2) is 14.1 Å². The molecular weight excluding hydrogens is 389 g/mol. The summed E-state index contributed by atoms with van der Waals surface area (Å²) in [6, 6.07) is 15.2. The molecule has 2 aromatic carbocycles. The van der Waals surface area contributed by atoms with Gasteiger partial charge in [0, 0.05) is 45.5 Å². The Morgan fingerprint density at radius 3 is 2.31 bits per heavy atom. The van der Waals surface area contributed by atoms with E-state index in [1.54, 1.807) is 18.6 Å². The van der Waals surface area contributed by atoms with E-state index in [0.29, 0.717) is 15.1 Å². The smallest absolute Gasteiger partial charge is 0.0954 e. The Bertz CT molecular complexity index is 1020. The zero-order valence-electron chi connectivity index (χ0n) is 13.6. The third kappa shape index (κ3) is 3.38. The van der Waals surface area contributed by atoms with Crippen molar-refractivity contribution in [3.63, 3.8) is 0 Å². The summed E-state index contributed by atoms with van der Waals surface area (Å²) in [6.45, 7) is 0. The highest BCUT2D eigenvalue weighted by molar-refractivity contribution is 6.35. The van der Waals surface area contributed by atoms with Crippen LogP contribution in [0.4, 0.5) is 0 Å². The van der Waals surface area contributed by atoms with E-state index in [-0.39, 0.29) is 6.04 Å². The van der Waals surface area contributed by atoms with Crippen LogP contribution in [0.3, 0.4) is 0 Å². The van der Waals surface area contributed by atoms with E-state index in [9.17, 15) is 0 Å². The largest absolute Gasteiger partial charge is 0.326 e. The molecule has 0 aliphatic carbocycles. The molecule has 130 valence electrons. The second-order valence-corrected chi connectivity index (χ2v) is 7.19. The number of aromatic nitrogens is 3. The lowest BCUT2D eigenvalue weighted by atomic mass is 10.0. The number of halogens is 3. The Balaban J connectivity index is 1.79. The molecule has 0 aliphatic rings. The molecule has 2 aromatic heterocycles. The van der Waals surface area contributed by atoms with Crippen molar-refractivity contribution in [2.24, 2.45) is 0 Å². The SMILES string of the molecule is Clc1ccc(-n2ccc(C(c3ccc(Cl)cc3Cl)n3ccnc3)c2)cc1. The lowest BCUT2D eigenvalue weighted by molar-refractivity contribution is 0.676. The van der Waals surface area contributed by atoms with E-state index in [0.717, 1.165) is 16.8 Å². The summed E-state index contributed by atoms with van der Waals surface area (Å²) in [5, 5.41) is 1.95. The quantitative estimate of drug-likeness (QED) is 0.394. The molecule has 1 atom stereocenters. The zero-order chi connectivity index (χ0) is 18.1. The van der Waals surface area contributed by atoms with Crippen LogP contribution >= 0.6 is 34.8 Å². The maximum Gasteiger partial charge on any atom is 0.0954 e. The average molecular weight is 403 g/mol. The summed E-state index contributed by atoms with van der Waals surface area (Å²) in [5.74, 6) is 0. The van der Waals surface area contributed by atoms with Gasteiger partial charge in [0.2, 0.25) is 0 Å². The first-order valence-corrected chi connectivity index (χ1v) is 9.11. The lowest BCUT2D eigenvalue weighted by Gasteiger charge is -2.19. The van der Waals surface area contributed by atoms with Gasteiger partial charge in [-0.15, -0.1) is 0 Å². The van der Waals surface area contributed by atoms with Crippen LogP contribution in [0.5, 0.6) is 0 Å². The highest BCUT2D eigenvalue weighted by Crippen LogP contribution is 2.34. The van der Waals surface area contributed by atoms with Gasteiger partial charge in [0.1, 0.15) is 0 Å². The Hall–Kier alpha value is -2.20. The topological polar surface area (TPSA) is 22.8 Å². The number of rotatable bonds is 4. The molecule has 0 spiro atoms. The second kappa shape index (κ2) is 7.20. The third-order valence-electron chi connectivity index (χ3n) is 4.24. The molecule has 3 nitrogen and oxygen atoms in total. The van der Waals surface area contributed by atoms with Gasteiger partial charge in [-0.3, -0.25) is 0 Å². The predicted octanol–water partition coefficient (Wildman–Crippen LogP) is 6.27. The maximum absolute atomic E-state index is 6.49. The van der Waals surface area contributed by atoms with Crippen molar-refractivity contribution in [2.45, 2.75) is 6.04 Å². The van der Waals surface area contributed by atoms with Gasteiger partial charge >= 0.3 is 0 Å². The Morgan fingerprint density at radius 1 is 0.846 bits per heavy atom. The van der Waals surface area contributed by atoms with Crippen molar-refractivity contribution in [1.29, 1.82) is 0 Å². The van der Waals surface area contributed by atoms with E-state index < -0.39 is 0 Å². The van der Waals surface area contributed by atoms with Crippen molar-refractivity contribution in [3.05, 3.63) is 106 Å². The monoisotopic (exact) mass is 401 g/mol. The van der Waals surface area contributed by atoms with Crippen molar-refractivity contribution < 1.29 is 0 Å². The molecule has 0 saturated carbocycles. The van der Waals surface area contributed by atoms with Crippen LogP contribution in [0.15, 0.2) is 79.6 Å². The van der Waals surface area contributed by atoms with Gasteiger partial charge in [0.25, 0.3) is 0 Å². The first-order chi connectivity index (χ1) is 12.6. The summed E-state index contributed by atoms with van der Waals surface area (Å²) in [6.07, 6.45) is 9.57. The van der Waals surface area contributed by atoms with Crippen LogP contribution in [-0.2, 0) is 0 Å². The molecule has 0 aliphatic heterocycles. The summed E-state index contributed by atoms with van der Waals surface area (Å²) in [7, 11) is 0. The molecular formula is C20H14Cl3N3. The third-order valence-corrected chi connectivity index (χ3v) is 5.05. The molecule has 0 radical (unpaired) electrons. The minimum atomic E-state index is -0.101. The first-order valence-electron chi connectivity index (χ1n) is 7.98. The Kier molecular flexibility index (Phi) is 4.77.